The molecule has 2 aromatic heterocycles. The van der Waals surface area contributed by atoms with E-state index < -0.39 is 36.2 Å². The number of H-pyrrole nitrogens is 1. The van der Waals surface area contributed by atoms with Crippen molar-refractivity contribution < 1.29 is 19.7 Å². The van der Waals surface area contributed by atoms with Crippen LogP contribution in [0.1, 0.15) is 6.23 Å². The lowest BCUT2D eigenvalue weighted by atomic mass is 10.0. The molecule has 2 aliphatic heterocycles. The monoisotopic (exact) mass is 295 g/mol. The van der Waals surface area contributed by atoms with Gasteiger partial charge in [0, 0.05) is 0 Å². The van der Waals surface area contributed by atoms with Crippen molar-refractivity contribution >= 4 is 17.1 Å². The number of aliphatic hydroxyl groups excluding tert-OH is 2. The lowest BCUT2D eigenvalue weighted by molar-refractivity contribution is -0.186. The number of nitrogen functional groups attached to an aromatic ring is 1. The Labute approximate surface area is 117 Å². The molecule has 0 aromatic carbocycles. The number of rotatable bonds is 2. The van der Waals surface area contributed by atoms with E-state index in [1.165, 1.54) is 6.33 Å². The van der Waals surface area contributed by atoms with Crippen molar-refractivity contribution in [1.82, 2.24) is 19.5 Å². The summed E-state index contributed by atoms with van der Waals surface area (Å²) in [5, 5.41) is 19.6. The van der Waals surface area contributed by atoms with Crippen molar-refractivity contribution in [3.63, 3.8) is 0 Å². The predicted octanol–water partition coefficient (Wildman–Crippen LogP) is -2.28. The van der Waals surface area contributed by atoms with Crippen molar-refractivity contribution in [3.8, 4) is 0 Å². The van der Waals surface area contributed by atoms with Crippen LogP contribution in [0, 0.1) is 0 Å². The van der Waals surface area contributed by atoms with Crippen molar-refractivity contribution in [2.45, 2.75) is 24.0 Å². The first-order valence-corrected chi connectivity index (χ1v) is 6.37. The molecule has 4 atom stereocenters. The number of imidazole rings is 1. The highest BCUT2D eigenvalue weighted by Crippen LogP contribution is 2.44. The zero-order chi connectivity index (χ0) is 14.8. The van der Waals surface area contributed by atoms with Gasteiger partial charge in [-0.1, -0.05) is 0 Å². The molecule has 0 aliphatic carbocycles. The Morgan fingerprint density at radius 2 is 2.43 bits per heavy atom. The van der Waals surface area contributed by atoms with Crippen LogP contribution in [-0.2, 0) is 9.47 Å². The van der Waals surface area contributed by atoms with Gasteiger partial charge in [0.25, 0.3) is 5.56 Å². The maximum absolute atomic E-state index is 12.5. The van der Waals surface area contributed by atoms with E-state index in [0.717, 1.165) is 4.57 Å². The molecule has 0 radical (unpaired) electrons. The van der Waals surface area contributed by atoms with Gasteiger partial charge in [-0.3, -0.25) is 4.79 Å². The molecule has 2 bridgehead atoms. The number of ether oxygens (including phenoxy) is 2. The Morgan fingerprint density at radius 3 is 3.14 bits per heavy atom. The van der Waals surface area contributed by atoms with Gasteiger partial charge < -0.3 is 30.4 Å². The van der Waals surface area contributed by atoms with E-state index in [-0.39, 0.29) is 23.7 Å². The Hall–Kier alpha value is -2.01. The van der Waals surface area contributed by atoms with Crippen LogP contribution in [-0.4, -0.2) is 60.8 Å². The van der Waals surface area contributed by atoms with Crippen LogP contribution in [0.5, 0.6) is 0 Å². The molecule has 0 spiro atoms. The zero-order valence-corrected chi connectivity index (χ0v) is 10.8. The van der Waals surface area contributed by atoms with Crippen LogP contribution in [0.25, 0.3) is 11.2 Å². The summed E-state index contributed by atoms with van der Waals surface area (Å²) in [5.74, 6) is -0.0963. The second-order valence-corrected chi connectivity index (χ2v) is 5.20. The van der Waals surface area contributed by atoms with Crippen molar-refractivity contribution in [3.05, 3.63) is 16.7 Å². The third-order valence-electron chi connectivity index (χ3n) is 4.05. The Balaban J connectivity index is 1.87. The van der Waals surface area contributed by atoms with E-state index in [0.29, 0.717) is 0 Å². The molecule has 0 amide bonds. The maximum atomic E-state index is 12.5. The number of aromatic nitrogens is 4. The van der Waals surface area contributed by atoms with Gasteiger partial charge in [0.2, 0.25) is 5.95 Å². The van der Waals surface area contributed by atoms with Crippen molar-refractivity contribution in [2.24, 2.45) is 0 Å². The minimum absolute atomic E-state index is 0.0558. The van der Waals surface area contributed by atoms with E-state index in [2.05, 4.69) is 15.0 Å². The Morgan fingerprint density at radius 1 is 1.62 bits per heavy atom. The van der Waals surface area contributed by atoms with Crippen LogP contribution < -0.4 is 11.3 Å². The molecular formula is C11H13N5O5. The second kappa shape index (κ2) is 4.01. The van der Waals surface area contributed by atoms with E-state index in [1.54, 1.807) is 0 Å². The first-order valence-electron chi connectivity index (χ1n) is 6.37. The number of nitrogens with two attached hydrogens (primary N) is 1. The quantitative estimate of drug-likeness (QED) is 0.484. The average molecular weight is 295 g/mol. The van der Waals surface area contributed by atoms with Crippen molar-refractivity contribution in [1.29, 1.82) is 0 Å². The zero-order valence-electron chi connectivity index (χ0n) is 10.8. The van der Waals surface area contributed by atoms with E-state index in [1.807, 2.05) is 0 Å². The number of aliphatic hydroxyl groups is 2. The fourth-order valence-electron chi connectivity index (χ4n) is 2.90. The number of hydrogen-bond donors (Lipinski definition) is 4. The van der Waals surface area contributed by atoms with E-state index in [9.17, 15) is 15.0 Å². The fourth-order valence-corrected chi connectivity index (χ4v) is 2.90. The van der Waals surface area contributed by atoms with E-state index in [4.69, 9.17) is 15.2 Å². The third kappa shape index (κ3) is 1.47. The van der Waals surface area contributed by atoms with Crippen LogP contribution in [0.4, 0.5) is 5.95 Å². The molecule has 2 aromatic rings. The van der Waals surface area contributed by atoms with Gasteiger partial charge in [0.15, 0.2) is 17.4 Å². The topological polar surface area (TPSA) is 149 Å². The minimum Gasteiger partial charge on any atom is -0.393 e. The van der Waals surface area contributed by atoms with Crippen LogP contribution in [0.15, 0.2) is 11.1 Å². The largest absolute Gasteiger partial charge is 0.393 e. The van der Waals surface area contributed by atoms with Gasteiger partial charge in [-0.15, -0.1) is 0 Å². The molecule has 10 heteroatoms. The van der Waals surface area contributed by atoms with Crippen molar-refractivity contribution in [2.75, 3.05) is 18.9 Å². The average Bonchev–Trinajstić information content (AvgIpc) is 3.12. The summed E-state index contributed by atoms with van der Waals surface area (Å²) in [4.78, 5) is 23.0. The van der Waals surface area contributed by atoms with Crippen LogP contribution in [0.3, 0.4) is 0 Å². The highest BCUT2D eigenvalue weighted by atomic mass is 16.7. The number of fused-ring (bicyclic) bond motifs is 3. The lowest BCUT2D eigenvalue weighted by Crippen LogP contribution is -2.44. The molecule has 2 fully saturated rings. The molecule has 0 saturated carbocycles. The van der Waals surface area contributed by atoms with Gasteiger partial charge in [0.05, 0.1) is 19.5 Å². The molecule has 10 nitrogen and oxygen atoms in total. The van der Waals surface area contributed by atoms with Gasteiger partial charge in [-0.05, 0) is 0 Å². The number of anilines is 1. The molecule has 112 valence electrons. The molecule has 4 rings (SSSR count). The maximum Gasteiger partial charge on any atom is 0.283 e. The number of hydrogen-bond acceptors (Lipinski definition) is 8. The summed E-state index contributed by atoms with van der Waals surface area (Å²) in [7, 11) is 0. The minimum atomic E-state index is -1.23. The summed E-state index contributed by atoms with van der Waals surface area (Å²) < 4.78 is 12.2. The van der Waals surface area contributed by atoms with Crippen LogP contribution in [0.2, 0.25) is 0 Å². The molecule has 2 aliphatic rings. The van der Waals surface area contributed by atoms with Gasteiger partial charge in [-0.25, -0.2) is 9.55 Å². The Bertz CT molecular complexity index is 772. The summed E-state index contributed by atoms with van der Waals surface area (Å²) >= 11 is 0. The normalized spacial score (nSPS) is 34.9. The lowest BCUT2D eigenvalue weighted by Gasteiger charge is -2.29. The standard InChI is InChI=1S/C11H13N5O5/c12-10-15-7-4(13-3-14-7)8(19)16(10)9-5-6(18)11(1-17,21-9)2-20-5/h3,5-6,9,17-18H,1-2H2,(H2,12,15)(H,13,14)/t5-,6+,9-,11+/m1/s1. The van der Waals surface area contributed by atoms with Gasteiger partial charge in [-0.2, -0.15) is 4.98 Å². The van der Waals surface area contributed by atoms with Crippen LogP contribution >= 0.6 is 0 Å². The molecule has 2 saturated heterocycles. The summed E-state index contributed by atoms with van der Waals surface area (Å²) in [6, 6.07) is 0. The van der Waals surface area contributed by atoms with E-state index >= 15 is 0 Å². The number of nitrogens with zero attached hydrogens (tertiary/aromatic N) is 3. The highest BCUT2D eigenvalue weighted by molar-refractivity contribution is 5.69. The second-order valence-electron chi connectivity index (χ2n) is 5.20. The first kappa shape index (κ1) is 12.7. The molecule has 21 heavy (non-hydrogen) atoms. The third-order valence-corrected chi connectivity index (χ3v) is 4.05. The van der Waals surface area contributed by atoms with Gasteiger partial charge >= 0.3 is 0 Å². The summed E-state index contributed by atoms with van der Waals surface area (Å²) in [6.45, 7) is -0.365. The molecular weight excluding hydrogens is 282 g/mol. The number of aromatic amines is 1. The summed E-state index contributed by atoms with van der Waals surface area (Å²) in [6.07, 6.45) is -1.45. The number of nitrogens with one attached hydrogen (secondary N) is 1. The predicted molar refractivity (Wildman–Crippen MR) is 68.2 cm³/mol. The smallest absolute Gasteiger partial charge is 0.283 e. The Kier molecular flexibility index (Phi) is 2.43. The highest BCUT2D eigenvalue weighted by Gasteiger charge is 2.62. The first-order chi connectivity index (χ1) is 10.1. The fraction of sp³-hybridized carbons (Fsp3) is 0.545. The van der Waals surface area contributed by atoms with Gasteiger partial charge in [0.1, 0.15) is 17.8 Å². The molecule has 4 heterocycles. The summed E-state index contributed by atoms with van der Waals surface area (Å²) in [5.41, 5.74) is 4.49. The SMILES string of the molecule is Nc1nc2nc[nH]c2c(=O)n1[C@@H]1O[C@@]2(CO)CO[C@@H]1[C@@H]2O. The molecule has 5 N–H and O–H groups in total. The molecule has 0 unspecified atom stereocenters.